The molecule has 8 heteroatoms. The third-order valence-corrected chi connectivity index (χ3v) is 3.67. The fourth-order valence-corrected chi connectivity index (χ4v) is 2.54. The van der Waals surface area contributed by atoms with Gasteiger partial charge < -0.3 is 11.1 Å². The first-order chi connectivity index (χ1) is 9.55. The first-order valence-electron chi connectivity index (χ1n) is 6.74. The van der Waals surface area contributed by atoms with E-state index in [1.807, 2.05) is 6.92 Å². The highest BCUT2D eigenvalue weighted by Gasteiger charge is 2.27. The summed E-state index contributed by atoms with van der Waals surface area (Å²) in [5.41, 5.74) is 6.72. The topological polar surface area (TPSA) is 101 Å². The van der Waals surface area contributed by atoms with Crippen molar-refractivity contribution >= 4 is 39.7 Å². The Balaban J connectivity index is 0.00000441. The number of amides is 1. The number of carbonyl (C=O) groups excluding carboxylic acids is 1. The average Bonchev–Trinajstić information content (AvgIpc) is 2.31. The molecule has 1 atom stereocenters. The normalized spacial score (nSPS) is 13.7. The van der Waals surface area contributed by atoms with Gasteiger partial charge in [0.15, 0.2) is 0 Å². The van der Waals surface area contributed by atoms with Crippen LogP contribution in [-0.4, -0.2) is 26.1 Å². The van der Waals surface area contributed by atoms with Crippen molar-refractivity contribution in [2.24, 2.45) is 5.73 Å². The van der Waals surface area contributed by atoms with Crippen LogP contribution in [0.2, 0.25) is 0 Å². The summed E-state index contributed by atoms with van der Waals surface area (Å²) in [4.78, 5) is 12.1. The Bertz CT molecular complexity index is 630. The van der Waals surface area contributed by atoms with E-state index in [-0.39, 0.29) is 18.3 Å². The van der Waals surface area contributed by atoms with Crippen LogP contribution in [0.15, 0.2) is 18.2 Å². The highest BCUT2D eigenvalue weighted by atomic mass is 35.5. The molecule has 6 nitrogen and oxygen atoms in total. The van der Waals surface area contributed by atoms with E-state index in [1.54, 1.807) is 32.0 Å². The summed E-state index contributed by atoms with van der Waals surface area (Å²) < 4.78 is 25.0. The summed E-state index contributed by atoms with van der Waals surface area (Å²) in [6.07, 6.45) is 2.45. The molecule has 0 aliphatic heterocycles. The maximum absolute atomic E-state index is 12.1. The number of carbonyl (C=O) groups is 1. The lowest BCUT2D eigenvalue weighted by Crippen LogP contribution is -2.48. The lowest BCUT2D eigenvalue weighted by atomic mass is 9.96. The van der Waals surface area contributed by atoms with Gasteiger partial charge in [-0.3, -0.25) is 9.52 Å². The SMILES string of the molecule is CCCC(C)(N)C(=O)Nc1ccc(C)c(NS(C)(=O)=O)c1.Cl. The molecule has 0 heterocycles. The van der Waals surface area contributed by atoms with Gasteiger partial charge in [-0.25, -0.2) is 8.42 Å². The number of benzene rings is 1. The van der Waals surface area contributed by atoms with E-state index in [1.165, 1.54) is 0 Å². The van der Waals surface area contributed by atoms with Gasteiger partial charge in [-0.1, -0.05) is 19.4 Å². The minimum absolute atomic E-state index is 0. The first-order valence-corrected chi connectivity index (χ1v) is 8.63. The number of aryl methyl sites for hydroxylation is 1. The number of hydrogen-bond donors (Lipinski definition) is 3. The number of anilines is 2. The first kappa shape index (κ1) is 20.7. The zero-order chi connectivity index (χ0) is 16.3. The van der Waals surface area contributed by atoms with Crippen molar-refractivity contribution in [3.63, 3.8) is 0 Å². The third kappa shape index (κ3) is 6.21. The molecule has 1 aromatic rings. The van der Waals surface area contributed by atoms with Gasteiger partial charge in [0.05, 0.1) is 17.5 Å². The van der Waals surface area contributed by atoms with Gasteiger partial charge >= 0.3 is 0 Å². The Hall–Kier alpha value is -1.31. The van der Waals surface area contributed by atoms with Crippen LogP contribution in [0.3, 0.4) is 0 Å². The van der Waals surface area contributed by atoms with Crippen molar-refractivity contribution in [3.05, 3.63) is 23.8 Å². The lowest BCUT2D eigenvalue weighted by molar-refractivity contribution is -0.120. The quantitative estimate of drug-likeness (QED) is 0.733. The van der Waals surface area contributed by atoms with E-state index in [4.69, 9.17) is 5.73 Å². The average molecular weight is 350 g/mol. The van der Waals surface area contributed by atoms with Crippen molar-refractivity contribution in [2.75, 3.05) is 16.3 Å². The molecule has 0 aromatic heterocycles. The predicted octanol–water partition coefficient (Wildman–Crippen LogP) is 2.24. The van der Waals surface area contributed by atoms with E-state index < -0.39 is 15.6 Å². The van der Waals surface area contributed by atoms with Crippen molar-refractivity contribution in [1.29, 1.82) is 0 Å². The maximum atomic E-state index is 12.1. The van der Waals surface area contributed by atoms with Gasteiger partial charge in [0.1, 0.15) is 0 Å². The smallest absolute Gasteiger partial charge is 0.244 e. The van der Waals surface area contributed by atoms with E-state index in [9.17, 15) is 13.2 Å². The Morgan fingerprint density at radius 2 is 1.95 bits per heavy atom. The van der Waals surface area contributed by atoms with Gasteiger partial charge in [0.2, 0.25) is 15.9 Å². The second-order valence-electron chi connectivity index (χ2n) is 5.53. The summed E-state index contributed by atoms with van der Waals surface area (Å²) >= 11 is 0. The van der Waals surface area contributed by atoms with E-state index in [0.29, 0.717) is 17.8 Å². The van der Waals surface area contributed by atoms with Crippen LogP contribution in [0.5, 0.6) is 0 Å². The molecule has 1 unspecified atom stereocenters. The molecule has 0 spiro atoms. The summed E-state index contributed by atoms with van der Waals surface area (Å²) in [5.74, 6) is -0.293. The lowest BCUT2D eigenvalue weighted by Gasteiger charge is -2.23. The number of nitrogens with two attached hydrogens (primary N) is 1. The zero-order valence-corrected chi connectivity index (χ0v) is 14.9. The Kier molecular flexibility index (Phi) is 7.34. The third-order valence-electron chi connectivity index (χ3n) is 3.08. The highest BCUT2D eigenvalue weighted by molar-refractivity contribution is 7.92. The molecule has 1 rings (SSSR count). The number of hydrogen-bond acceptors (Lipinski definition) is 4. The van der Waals surface area contributed by atoms with Gasteiger partial charge in [-0.2, -0.15) is 0 Å². The summed E-state index contributed by atoms with van der Waals surface area (Å²) in [6.45, 7) is 5.41. The molecule has 4 N–H and O–H groups in total. The van der Waals surface area contributed by atoms with Crippen molar-refractivity contribution < 1.29 is 13.2 Å². The summed E-state index contributed by atoms with van der Waals surface area (Å²) in [5, 5.41) is 2.72. The predicted molar refractivity (Wildman–Crippen MR) is 93.0 cm³/mol. The molecule has 0 aliphatic carbocycles. The molecule has 1 aromatic carbocycles. The fourth-order valence-electron chi connectivity index (χ4n) is 1.92. The van der Waals surface area contributed by atoms with Crippen molar-refractivity contribution in [1.82, 2.24) is 0 Å². The van der Waals surface area contributed by atoms with Crippen LogP contribution >= 0.6 is 12.4 Å². The van der Waals surface area contributed by atoms with Crippen LogP contribution < -0.4 is 15.8 Å². The molecule has 0 fully saturated rings. The van der Waals surface area contributed by atoms with Crippen molar-refractivity contribution in [2.45, 2.75) is 39.2 Å². The molecule has 0 bridgehead atoms. The molecular weight excluding hydrogens is 326 g/mol. The molecular formula is C14H24ClN3O3S. The molecule has 22 heavy (non-hydrogen) atoms. The monoisotopic (exact) mass is 349 g/mol. The van der Waals surface area contributed by atoms with Crippen LogP contribution in [0.1, 0.15) is 32.3 Å². The van der Waals surface area contributed by atoms with Crippen LogP contribution in [0.25, 0.3) is 0 Å². The minimum atomic E-state index is -3.37. The fraction of sp³-hybridized carbons (Fsp3) is 0.500. The zero-order valence-electron chi connectivity index (χ0n) is 13.3. The van der Waals surface area contributed by atoms with E-state index in [2.05, 4.69) is 10.0 Å². The molecule has 0 aliphatic rings. The minimum Gasteiger partial charge on any atom is -0.324 e. The molecule has 0 radical (unpaired) electrons. The molecule has 126 valence electrons. The molecule has 0 saturated heterocycles. The van der Waals surface area contributed by atoms with Crippen LogP contribution in [0.4, 0.5) is 11.4 Å². The van der Waals surface area contributed by atoms with Crippen LogP contribution in [-0.2, 0) is 14.8 Å². The van der Waals surface area contributed by atoms with Crippen LogP contribution in [0, 0.1) is 6.92 Å². The van der Waals surface area contributed by atoms with Gasteiger partial charge in [0, 0.05) is 5.69 Å². The summed E-state index contributed by atoms with van der Waals surface area (Å²) in [7, 11) is -3.37. The van der Waals surface area contributed by atoms with Gasteiger partial charge in [-0.05, 0) is 38.0 Å². The Morgan fingerprint density at radius 1 is 1.36 bits per heavy atom. The molecule has 1 amide bonds. The highest BCUT2D eigenvalue weighted by Crippen LogP contribution is 2.22. The maximum Gasteiger partial charge on any atom is 0.244 e. The largest absolute Gasteiger partial charge is 0.324 e. The number of nitrogens with one attached hydrogen (secondary N) is 2. The summed E-state index contributed by atoms with van der Waals surface area (Å²) in [6, 6.07) is 5.02. The number of rotatable bonds is 6. The number of halogens is 1. The van der Waals surface area contributed by atoms with Gasteiger partial charge in [-0.15, -0.1) is 12.4 Å². The second-order valence-corrected chi connectivity index (χ2v) is 7.27. The standard InChI is InChI=1S/C14H23N3O3S.ClH/c1-5-8-14(3,15)13(18)16-11-7-6-10(2)12(9-11)17-21(4,19)20;/h6-7,9,17H,5,8,15H2,1-4H3,(H,16,18);1H. The second kappa shape index (κ2) is 7.80. The number of sulfonamides is 1. The Labute approximate surface area is 138 Å². The Morgan fingerprint density at radius 3 is 2.45 bits per heavy atom. The van der Waals surface area contributed by atoms with Crippen molar-refractivity contribution in [3.8, 4) is 0 Å². The van der Waals surface area contributed by atoms with E-state index >= 15 is 0 Å². The van der Waals surface area contributed by atoms with E-state index in [0.717, 1.165) is 18.2 Å². The van der Waals surface area contributed by atoms with Gasteiger partial charge in [0.25, 0.3) is 0 Å². The molecule has 0 saturated carbocycles.